The van der Waals surface area contributed by atoms with Crippen molar-refractivity contribution in [1.82, 2.24) is 19.1 Å². The summed E-state index contributed by atoms with van der Waals surface area (Å²) in [5.41, 5.74) is 5.48. The summed E-state index contributed by atoms with van der Waals surface area (Å²) in [7, 11) is 0. The molecular formula is C28H27N7O9. The van der Waals surface area contributed by atoms with E-state index < -0.39 is 53.0 Å². The van der Waals surface area contributed by atoms with Gasteiger partial charge in [-0.3, -0.25) is 34.3 Å². The second-order valence-corrected chi connectivity index (χ2v) is 10.1. The van der Waals surface area contributed by atoms with Gasteiger partial charge < -0.3 is 24.7 Å². The van der Waals surface area contributed by atoms with Crippen LogP contribution in [0.25, 0.3) is 11.2 Å². The highest BCUT2D eigenvalue weighted by molar-refractivity contribution is 5.85. The number of carbonyl (C=O) groups excluding carboxylic acids is 1. The van der Waals surface area contributed by atoms with E-state index in [0.29, 0.717) is 0 Å². The lowest BCUT2D eigenvalue weighted by atomic mass is 10.1. The zero-order chi connectivity index (χ0) is 31.0. The van der Waals surface area contributed by atoms with Crippen LogP contribution in [0.4, 0.5) is 22.1 Å². The van der Waals surface area contributed by atoms with Gasteiger partial charge in [0, 0.05) is 29.9 Å². The summed E-state index contributed by atoms with van der Waals surface area (Å²) in [5, 5.41) is 13.5. The summed E-state index contributed by atoms with van der Waals surface area (Å²) in [6.45, 7) is 3.60. The molecule has 2 aliphatic rings. The molecule has 2 aromatic heterocycles. The van der Waals surface area contributed by atoms with Gasteiger partial charge in [-0.1, -0.05) is 36.4 Å². The van der Waals surface area contributed by atoms with E-state index in [2.05, 4.69) is 21.9 Å². The second kappa shape index (κ2) is 11.8. The number of H-pyrrole nitrogens is 1. The van der Waals surface area contributed by atoms with Crippen LogP contribution < -0.4 is 22.3 Å². The number of nitrogen functional groups attached to an aromatic ring is 1. The van der Waals surface area contributed by atoms with Crippen molar-refractivity contribution in [1.29, 1.82) is 0 Å². The minimum atomic E-state index is -1.06. The smallest absolute Gasteiger partial charge is 0.412 e. The average molecular weight is 606 g/mol. The Hall–Kier alpha value is -5.32. The normalized spacial score (nSPS) is 22.8. The molecule has 16 heteroatoms. The average Bonchev–Trinajstić information content (AvgIpc) is 3.47. The van der Waals surface area contributed by atoms with Crippen molar-refractivity contribution in [2.75, 3.05) is 17.7 Å². The second-order valence-electron chi connectivity index (χ2n) is 10.1. The molecule has 2 aliphatic heterocycles. The minimum Gasteiger partial charge on any atom is -0.440 e. The Morgan fingerprint density at radius 3 is 2.64 bits per heavy atom. The van der Waals surface area contributed by atoms with Crippen molar-refractivity contribution in [3.8, 4) is 0 Å². The Morgan fingerprint density at radius 1 is 1.18 bits per heavy atom. The highest BCUT2D eigenvalue weighted by Crippen LogP contribution is 2.37. The number of nitrogens with zero attached hydrogens (tertiary/aromatic N) is 4. The summed E-state index contributed by atoms with van der Waals surface area (Å²) < 4.78 is 26.7. The van der Waals surface area contributed by atoms with Gasteiger partial charge >= 0.3 is 11.8 Å². The third-order valence-electron chi connectivity index (χ3n) is 7.29. The summed E-state index contributed by atoms with van der Waals surface area (Å²) >= 11 is 0. The molecule has 228 valence electrons. The monoisotopic (exact) mass is 605 g/mol. The molecule has 16 nitrogen and oxygen atoms in total. The van der Waals surface area contributed by atoms with Gasteiger partial charge in [-0.15, -0.1) is 6.58 Å². The third kappa shape index (κ3) is 5.44. The first kappa shape index (κ1) is 28.8. The molecule has 1 unspecified atom stereocenters. The van der Waals surface area contributed by atoms with Gasteiger partial charge in [-0.2, -0.15) is 4.98 Å². The lowest BCUT2D eigenvalue weighted by Gasteiger charge is -2.33. The van der Waals surface area contributed by atoms with Crippen LogP contribution in [0.5, 0.6) is 0 Å². The van der Waals surface area contributed by atoms with E-state index in [1.807, 2.05) is 30.3 Å². The molecule has 0 aliphatic carbocycles. The number of nitrogens with two attached hydrogens (primary N) is 1. The van der Waals surface area contributed by atoms with Crippen LogP contribution in [0.2, 0.25) is 0 Å². The molecule has 44 heavy (non-hydrogen) atoms. The number of nitro groups is 1. The van der Waals surface area contributed by atoms with Crippen LogP contribution in [-0.2, 0) is 32.0 Å². The fraction of sp³-hybridized carbons (Fsp3) is 0.286. The molecule has 2 fully saturated rings. The molecule has 2 aromatic carbocycles. The molecule has 6 rings (SSSR count). The van der Waals surface area contributed by atoms with Crippen LogP contribution in [0.1, 0.15) is 11.9 Å². The van der Waals surface area contributed by atoms with E-state index in [9.17, 15) is 24.5 Å². The largest absolute Gasteiger partial charge is 0.440 e. The molecule has 4 N–H and O–H groups in total. The van der Waals surface area contributed by atoms with E-state index in [0.717, 1.165) is 5.56 Å². The van der Waals surface area contributed by atoms with Gasteiger partial charge in [0.1, 0.15) is 18.3 Å². The number of aromatic amines is 1. The zero-order valence-corrected chi connectivity index (χ0v) is 23.0. The lowest BCUT2D eigenvalue weighted by Crippen LogP contribution is -2.46. The van der Waals surface area contributed by atoms with Crippen molar-refractivity contribution in [2.24, 2.45) is 0 Å². The first-order chi connectivity index (χ1) is 21.2. The van der Waals surface area contributed by atoms with Crippen molar-refractivity contribution >= 4 is 34.6 Å². The Morgan fingerprint density at radius 2 is 1.93 bits per heavy atom. The summed E-state index contributed by atoms with van der Waals surface area (Å²) in [4.78, 5) is 56.4. The lowest BCUT2D eigenvalue weighted by molar-refractivity contribution is -0.384. The van der Waals surface area contributed by atoms with Gasteiger partial charge in [0.2, 0.25) is 5.95 Å². The van der Waals surface area contributed by atoms with E-state index in [1.54, 1.807) is 0 Å². The van der Waals surface area contributed by atoms with Crippen molar-refractivity contribution in [3.05, 3.63) is 104 Å². The number of amides is 1. The number of anilines is 2. The van der Waals surface area contributed by atoms with Crippen LogP contribution in [0, 0.1) is 10.1 Å². The van der Waals surface area contributed by atoms with Gasteiger partial charge in [-0.25, -0.2) is 9.59 Å². The van der Waals surface area contributed by atoms with Gasteiger partial charge in [-0.05, 0) is 12.1 Å². The van der Waals surface area contributed by atoms with Gasteiger partial charge in [0.05, 0.1) is 18.1 Å². The predicted octanol–water partition coefficient (Wildman–Crippen LogP) is 2.06. The molecule has 0 bridgehead atoms. The number of hydrogen-bond donors (Lipinski definition) is 3. The fourth-order valence-electron chi connectivity index (χ4n) is 5.36. The molecule has 0 radical (unpaired) electrons. The first-order valence-electron chi connectivity index (χ1n) is 13.5. The van der Waals surface area contributed by atoms with Crippen molar-refractivity contribution in [2.45, 2.75) is 43.8 Å². The predicted molar refractivity (Wildman–Crippen MR) is 155 cm³/mol. The number of benzene rings is 2. The van der Waals surface area contributed by atoms with Crippen LogP contribution >= 0.6 is 0 Å². The number of imidazole rings is 1. The zero-order valence-electron chi connectivity index (χ0n) is 23.0. The Kier molecular flexibility index (Phi) is 7.69. The number of carbonyl (C=O) groups is 1. The Labute approximate surface area is 247 Å². The summed E-state index contributed by atoms with van der Waals surface area (Å²) in [5.74, 6) is -0.189. The number of non-ortho nitro benzene ring substituents is 1. The van der Waals surface area contributed by atoms with E-state index in [1.165, 1.54) is 39.5 Å². The van der Waals surface area contributed by atoms with Crippen molar-refractivity contribution in [3.63, 3.8) is 0 Å². The molecule has 0 saturated carbocycles. The topological polar surface area (TPSA) is 208 Å². The quantitative estimate of drug-likeness (QED) is 0.150. The maximum Gasteiger partial charge on any atom is 0.412 e. The highest BCUT2D eigenvalue weighted by atomic mass is 16.7. The molecular weight excluding hydrogens is 578 g/mol. The number of rotatable bonds is 8. The third-order valence-corrected chi connectivity index (χ3v) is 7.29. The maximum absolute atomic E-state index is 13.5. The Bertz CT molecular complexity index is 1830. The number of fused-ring (bicyclic) bond motifs is 2. The molecule has 1 amide bonds. The number of aromatic nitrogens is 4. The summed E-state index contributed by atoms with van der Waals surface area (Å²) in [6.07, 6.45) is -3.68. The number of allylic oxidation sites excluding steroid dienone is 1. The number of nitro benzene ring substituents is 1. The molecule has 0 spiro atoms. The van der Waals surface area contributed by atoms with E-state index in [4.69, 9.17) is 24.7 Å². The molecule has 4 heterocycles. The number of hydrogen-bond acceptors (Lipinski definition) is 11. The number of nitrogens with one attached hydrogen (secondary N) is 2. The number of ether oxygens (including phenoxy) is 4. The van der Waals surface area contributed by atoms with Crippen LogP contribution in [0.15, 0.2) is 76.8 Å². The van der Waals surface area contributed by atoms with Crippen LogP contribution in [0.3, 0.4) is 0 Å². The highest BCUT2D eigenvalue weighted by Gasteiger charge is 2.52. The fourth-order valence-corrected chi connectivity index (χ4v) is 5.36. The molecule has 5 atom stereocenters. The van der Waals surface area contributed by atoms with Gasteiger partial charge in [0.25, 0.3) is 11.2 Å². The van der Waals surface area contributed by atoms with E-state index >= 15 is 0 Å². The SMILES string of the molecule is C=CCn1c(=O)n(C[C@H]2O[C@H]3COC(c4ccccc4)O[C@@H]3[C@@H]2OC(=O)Nc2ccc([N+](=O)[O-])cc2)c2nc(N)[nH]c(=O)c21. The molecule has 2 saturated heterocycles. The maximum atomic E-state index is 13.5. The standard InChI is InChI=1S/C28H27N7O9/c1-2-12-33-20-23(31-26(29)32-24(20)36)34(28(33)38)13-18-21(44-27(37)30-16-8-10-17(11-9-16)35(39)40)22-19(42-18)14-41-25(43-22)15-6-4-3-5-7-15/h2-11,18-19,21-22,25H,1,12-14H2,(H,30,37)(H3,29,31,32,36)/t18-,19+,21-,22+,25?/m1/s1. The first-order valence-corrected chi connectivity index (χ1v) is 13.5. The van der Waals surface area contributed by atoms with Crippen molar-refractivity contribution < 1.29 is 28.7 Å². The van der Waals surface area contributed by atoms with Gasteiger partial charge in [0.15, 0.2) is 23.6 Å². The molecule has 4 aromatic rings. The summed E-state index contributed by atoms with van der Waals surface area (Å²) in [6, 6.07) is 14.4. The minimum absolute atomic E-state index is 0.00313. The Balaban J connectivity index is 1.32. The van der Waals surface area contributed by atoms with Crippen LogP contribution in [-0.4, -0.2) is 61.1 Å². The van der Waals surface area contributed by atoms with E-state index in [-0.39, 0.29) is 48.2 Å².